The normalized spacial score (nSPS) is 10.2. The van der Waals surface area contributed by atoms with E-state index in [0.717, 1.165) is 5.56 Å². The molecule has 0 saturated carbocycles. The van der Waals surface area contributed by atoms with Gasteiger partial charge in [0.25, 0.3) is 11.8 Å². The second-order valence-electron chi connectivity index (χ2n) is 6.01. The van der Waals surface area contributed by atoms with Crippen LogP contribution < -0.4 is 10.6 Å². The van der Waals surface area contributed by atoms with Crippen LogP contribution in [0, 0.1) is 0 Å². The van der Waals surface area contributed by atoms with Crippen molar-refractivity contribution >= 4 is 29.1 Å². The summed E-state index contributed by atoms with van der Waals surface area (Å²) in [5.74, 6) is -0.221. The number of thiophene rings is 1. The van der Waals surface area contributed by atoms with Crippen LogP contribution in [0.25, 0.3) is 0 Å². The van der Waals surface area contributed by atoms with E-state index < -0.39 is 0 Å². The van der Waals surface area contributed by atoms with Crippen molar-refractivity contribution in [3.8, 4) is 0 Å². The highest BCUT2D eigenvalue weighted by Crippen LogP contribution is 2.08. The summed E-state index contributed by atoms with van der Waals surface area (Å²) in [6.45, 7) is 0.877. The van der Waals surface area contributed by atoms with E-state index in [0.29, 0.717) is 36.4 Å². The Hall–Kier alpha value is -2.67. The van der Waals surface area contributed by atoms with Gasteiger partial charge in [0.05, 0.1) is 4.88 Å². The largest absolute Gasteiger partial charge is 0.352 e. The van der Waals surface area contributed by atoms with Gasteiger partial charge >= 0.3 is 0 Å². The summed E-state index contributed by atoms with van der Waals surface area (Å²) in [5, 5.41) is 7.49. The lowest BCUT2D eigenvalue weighted by Gasteiger charge is -2.11. The molecule has 2 rings (SSSR count). The molecule has 2 aromatic rings. The number of hydrogen-bond acceptors (Lipinski definition) is 4. The van der Waals surface area contributed by atoms with Crippen LogP contribution >= 0.6 is 11.3 Å². The Bertz CT molecular complexity index is 740. The van der Waals surface area contributed by atoms with Crippen LogP contribution in [0.1, 0.15) is 38.4 Å². The molecule has 0 atom stereocenters. The Balaban J connectivity index is 1.65. The summed E-state index contributed by atoms with van der Waals surface area (Å²) in [5.41, 5.74) is 1.55. The molecule has 1 aromatic carbocycles. The molecule has 0 bridgehead atoms. The fourth-order valence-electron chi connectivity index (χ4n) is 2.26. The van der Waals surface area contributed by atoms with E-state index >= 15 is 0 Å². The number of carbonyl (C=O) groups excluding carboxylic acids is 3. The smallest absolute Gasteiger partial charge is 0.261 e. The zero-order valence-electron chi connectivity index (χ0n) is 15.0. The average Bonchev–Trinajstić information content (AvgIpc) is 3.18. The number of nitrogens with zero attached hydrogens (tertiary/aromatic N) is 1. The van der Waals surface area contributed by atoms with Gasteiger partial charge in [-0.2, -0.15) is 0 Å². The van der Waals surface area contributed by atoms with Crippen LogP contribution in [0.4, 0.5) is 0 Å². The Labute approximate surface area is 157 Å². The molecule has 7 heteroatoms. The van der Waals surface area contributed by atoms with Crippen LogP contribution in [-0.4, -0.2) is 43.3 Å². The van der Waals surface area contributed by atoms with Gasteiger partial charge < -0.3 is 15.5 Å². The topological polar surface area (TPSA) is 78.5 Å². The Kier molecular flexibility index (Phi) is 7.35. The van der Waals surface area contributed by atoms with Crippen molar-refractivity contribution in [2.24, 2.45) is 0 Å². The van der Waals surface area contributed by atoms with Gasteiger partial charge in [0.1, 0.15) is 0 Å². The van der Waals surface area contributed by atoms with Crippen LogP contribution in [-0.2, 0) is 11.3 Å². The number of carbonyl (C=O) groups is 3. The van der Waals surface area contributed by atoms with E-state index in [1.165, 1.54) is 16.2 Å². The molecule has 26 heavy (non-hydrogen) atoms. The number of rotatable bonds is 8. The van der Waals surface area contributed by atoms with Crippen LogP contribution in [0.15, 0.2) is 41.8 Å². The van der Waals surface area contributed by atoms with Crippen molar-refractivity contribution in [2.45, 2.75) is 19.4 Å². The third-order valence-corrected chi connectivity index (χ3v) is 4.58. The predicted molar refractivity (Wildman–Crippen MR) is 102 cm³/mol. The molecule has 0 fully saturated rings. The molecule has 0 unspecified atom stereocenters. The number of nitrogens with one attached hydrogen (secondary N) is 2. The Morgan fingerprint density at radius 2 is 1.77 bits per heavy atom. The van der Waals surface area contributed by atoms with Crippen LogP contribution in [0.2, 0.25) is 0 Å². The maximum atomic E-state index is 11.9. The minimum Gasteiger partial charge on any atom is -0.352 e. The fourth-order valence-corrected chi connectivity index (χ4v) is 2.90. The molecule has 3 amide bonds. The minimum atomic E-state index is -0.104. The van der Waals surface area contributed by atoms with Gasteiger partial charge in [-0.1, -0.05) is 18.2 Å². The highest BCUT2D eigenvalue weighted by atomic mass is 32.1. The van der Waals surface area contributed by atoms with Gasteiger partial charge in [-0.05, 0) is 35.6 Å². The maximum absolute atomic E-state index is 11.9. The SMILES string of the molecule is CN(C)C(=O)c1ccc(CNC(=O)CCCNC(=O)c2cccs2)cc1. The minimum absolute atomic E-state index is 0.0508. The molecule has 0 spiro atoms. The summed E-state index contributed by atoms with van der Waals surface area (Å²) < 4.78 is 0. The first-order valence-corrected chi connectivity index (χ1v) is 9.24. The molecule has 0 aliphatic rings. The molecule has 138 valence electrons. The summed E-state index contributed by atoms with van der Waals surface area (Å²) in [6, 6.07) is 10.8. The molecular weight excluding hydrogens is 350 g/mol. The van der Waals surface area contributed by atoms with Crippen molar-refractivity contribution in [1.82, 2.24) is 15.5 Å². The van der Waals surface area contributed by atoms with Crippen molar-refractivity contribution in [3.05, 3.63) is 57.8 Å². The van der Waals surface area contributed by atoms with E-state index in [-0.39, 0.29) is 17.7 Å². The van der Waals surface area contributed by atoms with Gasteiger partial charge in [0.15, 0.2) is 0 Å². The second-order valence-corrected chi connectivity index (χ2v) is 6.96. The lowest BCUT2D eigenvalue weighted by Crippen LogP contribution is -2.27. The van der Waals surface area contributed by atoms with Gasteiger partial charge in [-0.15, -0.1) is 11.3 Å². The van der Waals surface area contributed by atoms with Crippen molar-refractivity contribution < 1.29 is 14.4 Å². The van der Waals surface area contributed by atoms with Crippen LogP contribution in [0.3, 0.4) is 0 Å². The van der Waals surface area contributed by atoms with Gasteiger partial charge in [-0.25, -0.2) is 0 Å². The molecule has 0 radical (unpaired) electrons. The first-order chi connectivity index (χ1) is 12.5. The lowest BCUT2D eigenvalue weighted by molar-refractivity contribution is -0.121. The third kappa shape index (κ3) is 6.00. The molecular formula is C19H23N3O3S. The predicted octanol–water partition coefficient (Wildman–Crippen LogP) is 2.28. The summed E-state index contributed by atoms with van der Waals surface area (Å²) in [6.07, 6.45) is 0.932. The monoisotopic (exact) mass is 373 g/mol. The third-order valence-electron chi connectivity index (χ3n) is 3.71. The van der Waals surface area contributed by atoms with Crippen molar-refractivity contribution in [3.63, 3.8) is 0 Å². The Morgan fingerprint density at radius 3 is 2.38 bits per heavy atom. The van der Waals surface area contributed by atoms with Crippen molar-refractivity contribution in [1.29, 1.82) is 0 Å². The molecule has 1 heterocycles. The standard InChI is InChI=1S/C19H23N3O3S/c1-22(2)19(25)15-9-7-14(8-10-15)13-21-17(23)6-3-11-20-18(24)16-5-4-12-26-16/h4-5,7-10,12H,3,6,11,13H2,1-2H3,(H,20,24)(H,21,23). The van der Waals surface area contributed by atoms with Crippen molar-refractivity contribution in [2.75, 3.05) is 20.6 Å². The maximum Gasteiger partial charge on any atom is 0.261 e. The molecule has 0 aliphatic carbocycles. The zero-order valence-corrected chi connectivity index (χ0v) is 15.8. The number of benzene rings is 1. The van der Waals surface area contributed by atoms with Crippen LogP contribution in [0.5, 0.6) is 0 Å². The van der Waals surface area contributed by atoms with E-state index in [1.54, 1.807) is 32.3 Å². The lowest BCUT2D eigenvalue weighted by atomic mass is 10.1. The van der Waals surface area contributed by atoms with E-state index in [1.807, 2.05) is 23.6 Å². The van der Waals surface area contributed by atoms with E-state index in [9.17, 15) is 14.4 Å². The summed E-state index contributed by atoms with van der Waals surface area (Å²) in [7, 11) is 3.42. The highest BCUT2D eigenvalue weighted by Gasteiger charge is 2.08. The zero-order chi connectivity index (χ0) is 18.9. The summed E-state index contributed by atoms with van der Waals surface area (Å²) >= 11 is 1.39. The first-order valence-electron chi connectivity index (χ1n) is 8.36. The number of amides is 3. The first kappa shape index (κ1) is 19.7. The highest BCUT2D eigenvalue weighted by molar-refractivity contribution is 7.12. The van der Waals surface area contributed by atoms with E-state index in [4.69, 9.17) is 0 Å². The van der Waals surface area contributed by atoms with E-state index in [2.05, 4.69) is 10.6 Å². The second kappa shape index (κ2) is 9.72. The molecule has 2 N–H and O–H groups in total. The van der Waals surface area contributed by atoms with Gasteiger partial charge in [0.2, 0.25) is 5.91 Å². The Morgan fingerprint density at radius 1 is 1.04 bits per heavy atom. The van der Waals surface area contributed by atoms with Gasteiger partial charge in [-0.3, -0.25) is 14.4 Å². The molecule has 0 aliphatic heterocycles. The molecule has 6 nitrogen and oxygen atoms in total. The average molecular weight is 373 g/mol. The van der Waals surface area contributed by atoms with Gasteiger partial charge in [0, 0.05) is 39.2 Å². The fraction of sp³-hybridized carbons (Fsp3) is 0.316. The number of hydrogen-bond donors (Lipinski definition) is 2. The summed E-state index contributed by atoms with van der Waals surface area (Å²) in [4.78, 5) is 37.6. The quantitative estimate of drug-likeness (QED) is 0.697. The molecule has 1 aromatic heterocycles. The molecule has 0 saturated heterocycles.